The van der Waals surface area contributed by atoms with Crippen LogP contribution in [-0.2, 0) is 0 Å². The van der Waals surface area contributed by atoms with E-state index in [1.54, 1.807) is 0 Å². The molecule has 3 unspecified atom stereocenters. The lowest BCUT2D eigenvalue weighted by molar-refractivity contribution is 0.0203. The van der Waals surface area contributed by atoms with Crippen LogP contribution in [-0.4, -0.2) is 35.2 Å². The van der Waals surface area contributed by atoms with Gasteiger partial charge in [0.25, 0.3) is 0 Å². The summed E-state index contributed by atoms with van der Waals surface area (Å²) in [6, 6.07) is 0.777. The SMILES string of the molecule is CCC1CCCCN1CC1CCC(C)(C)C1O. The Morgan fingerprint density at radius 3 is 2.59 bits per heavy atom. The summed E-state index contributed by atoms with van der Waals surface area (Å²) in [5.74, 6) is 0.511. The second kappa shape index (κ2) is 5.27. The molecule has 1 saturated carbocycles. The maximum absolute atomic E-state index is 10.4. The molecule has 100 valence electrons. The molecule has 2 heteroatoms. The number of piperidine rings is 1. The second-order valence-electron chi connectivity index (χ2n) is 6.78. The van der Waals surface area contributed by atoms with Crippen molar-refractivity contribution in [2.24, 2.45) is 11.3 Å². The minimum absolute atomic E-state index is 0.0954. The summed E-state index contributed by atoms with van der Waals surface area (Å²) in [6.07, 6.45) is 7.68. The predicted octanol–water partition coefficient (Wildman–Crippen LogP) is 3.05. The number of likely N-dealkylation sites (tertiary alicyclic amines) is 1. The van der Waals surface area contributed by atoms with E-state index in [1.807, 2.05) is 0 Å². The van der Waals surface area contributed by atoms with Gasteiger partial charge < -0.3 is 10.0 Å². The largest absolute Gasteiger partial charge is 0.392 e. The molecule has 1 aliphatic carbocycles. The van der Waals surface area contributed by atoms with Crippen molar-refractivity contribution in [1.82, 2.24) is 4.90 Å². The van der Waals surface area contributed by atoms with Crippen molar-refractivity contribution in [2.75, 3.05) is 13.1 Å². The molecule has 2 fully saturated rings. The quantitative estimate of drug-likeness (QED) is 0.818. The highest BCUT2D eigenvalue weighted by atomic mass is 16.3. The Bertz CT molecular complexity index is 251. The van der Waals surface area contributed by atoms with Crippen molar-refractivity contribution in [1.29, 1.82) is 0 Å². The van der Waals surface area contributed by atoms with E-state index in [4.69, 9.17) is 0 Å². The first-order valence-electron chi connectivity index (χ1n) is 7.46. The maximum atomic E-state index is 10.4. The molecule has 2 nitrogen and oxygen atoms in total. The summed E-state index contributed by atoms with van der Waals surface area (Å²) in [6.45, 7) is 9.11. The van der Waals surface area contributed by atoms with Crippen molar-refractivity contribution >= 4 is 0 Å². The molecule has 2 rings (SSSR count). The lowest BCUT2D eigenvalue weighted by atomic mass is 9.87. The van der Waals surface area contributed by atoms with Gasteiger partial charge in [0.15, 0.2) is 0 Å². The van der Waals surface area contributed by atoms with E-state index in [1.165, 1.54) is 45.1 Å². The highest BCUT2D eigenvalue weighted by molar-refractivity contribution is 4.93. The van der Waals surface area contributed by atoms with E-state index in [0.717, 1.165) is 12.6 Å². The van der Waals surface area contributed by atoms with E-state index in [2.05, 4.69) is 25.7 Å². The maximum Gasteiger partial charge on any atom is 0.0631 e. The summed E-state index contributed by atoms with van der Waals surface area (Å²) in [5, 5.41) is 10.4. The van der Waals surface area contributed by atoms with E-state index in [9.17, 15) is 5.11 Å². The fraction of sp³-hybridized carbons (Fsp3) is 1.00. The molecule has 0 bridgehead atoms. The van der Waals surface area contributed by atoms with Gasteiger partial charge in [-0.15, -0.1) is 0 Å². The van der Waals surface area contributed by atoms with Crippen LogP contribution in [0.1, 0.15) is 59.3 Å². The second-order valence-corrected chi connectivity index (χ2v) is 6.78. The summed E-state index contributed by atoms with van der Waals surface area (Å²) in [7, 11) is 0. The number of nitrogens with zero attached hydrogens (tertiary/aromatic N) is 1. The van der Waals surface area contributed by atoms with Gasteiger partial charge in [-0.3, -0.25) is 0 Å². The van der Waals surface area contributed by atoms with Crippen molar-refractivity contribution in [3.63, 3.8) is 0 Å². The van der Waals surface area contributed by atoms with Crippen LogP contribution in [0.3, 0.4) is 0 Å². The van der Waals surface area contributed by atoms with Gasteiger partial charge in [-0.2, -0.15) is 0 Å². The van der Waals surface area contributed by atoms with Gasteiger partial charge in [0.05, 0.1) is 6.10 Å². The molecule has 0 amide bonds. The molecule has 1 heterocycles. The molecule has 1 aliphatic heterocycles. The zero-order chi connectivity index (χ0) is 12.5. The van der Waals surface area contributed by atoms with Crippen LogP contribution in [0.2, 0.25) is 0 Å². The molecule has 0 aromatic heterocycles. The zero-order valence-corrected chi connectivity index (χ0v) is 11.8. The minimum atomic E-state index is -0.0954. The summed E-state index contributed by atoms with van der Waals surface area (Å²) in [4.78, 5) is 2.65. The highest BCUT2D eigenvalue weighted by Gasteiger charge is 2.41. The summed E-state index contributed by atoms with van der Waals surface area (Å²) < 4.78 is 0. The normalized spacial score (nSPS) is 38.5. The molecule has 1 N–H and O–H groups in total. The van der Waals surface area contributed by atoms with Crippen LogP contribution in [0, 0.1) is 11.3 Å². The third-order valence-corrected chi connectivity index (χ3v) is 5.10. The van der Waals surface area contributed by atoms with Gasteiger partial charge in [0, 0.05) is 12.6 Å². The fourth-order valence-electron chi connectivity index (χ4n) is 3.76. The predicted molar refractivity (Wildman–Crippen MR) is 72.0 cm³/mol. The first kappa shape index (κ1) is 13.4. The van der Waals surface area contributed by atoms with Gasteiger partial charge in [-0.1, -0.05) is 27.2 Å². The van der Waals surface area contributed by atoms with Crippen molar-refractivity contribution in [2.45, 2.75) is 71.4 Å². The number of rotatable bonds is 3. The molecular formula is C15H29NO. The van der Waals surface area contributed by atoms with Crippen LogP contribution in [0.15, 0.2) is 0 Å². The summed E-state index contributed by atoms with van der Waals surface area (Å²) >= 11 is 0. The van der Waals surface area contributed by atoms with Gasteiger partial charge in [-0.25, -0.2) is 0 Å². The van der Waals surface area contributed by atoms with Crippen LogP contribution in [0.4, 0.5) is 0 Å². The number of hydrogen-bond donors (Lipinski definition) is 1. The number of aliphatic hydroxyl groups excluding tert-OH is 1. The van der Waals surface area contributed by atoms with E-state index < -0.39 is 0 Å². The van der Waals surface area contributed by atoms with Gasteiger partial charge in [-0.05, 0) is 50.0 Å². The van der Waals surface area contributed by atoms with Gasteiger partial charge >= 0.3 is 0 Å². The third kappa shape index (κ3) is 2.85. The van der Waals surface area contributed by atoms with E-state index in [0.29, 0.717) is 5.92 Å². The first-order valence-corrected chi connectivity index (χ1v) is 7.46. The molecule has 0 radical (unpaired) electrons. The van der Waals surface area contributed by atoms with Gasteiger partial charge in [0.1, 0.15) is 0 Å². The standard InChI is InChI=1S/C15H29NO/c1-4-13-7-5-6-10-16(13)11-12-8-9-15(2,3)14(12)17/h12-14,17H,4-11H2,1-3H3. The third-order valence-electron chi connectivity index (χ3n) is 5.10. The average molecular weight is 239 g/mol. The van der Waals surface area contributed by atoms with Crippen LogP contribution in [0.25, 0.3) is 0 Å². The Kier molecular flexibility index (Phi) is 4.14. The molecule has 0 aromatic carbocycles. The monoisotopic (exact) mass is 239 g/mol. The molecule has 0 aromatic rings. The molecular weight excluding hydrogens is 210 g/mol. The number of aliphatic hydroxyl groups is 1. The van der Waals surface area contributed by atoms with Crippen LogP contribution < -0.4 is 0 Å². The lowest BCUT2D eigenvalue weighted by Crippen LogP contribution is -2.44. The zero-order valence-electron chi connectivity index (χ0n) is 11.8. The van der Waals surface area contributed by atoms with Crippen molar-refractivity contribution in [3.05, 3.63) is 0 Å². The fourth-order valence-corrected chi connectivity index (χ4v) is 3.76. The molecule has 2 aliphatic rings. The Morgan fingerprint density at radius 2 is 2.00 bits per heavy atom. The van der Waals surface area contributed by atoms with Crippen LogP contribution >= 0.6 is 0 Å². The number of hydrogen-bond acceptors (Lipinski definition) is 2. The Balaban J connectivity index is 1.92. The van der Waals surface area contributed by atoms with Crippen molar-refractivity contribution < 1.29 is 5.11 Å². The van der Waals surface area contributed by atoms with Crippen molar-refractivity contribution in [3.8, 4) is 0 Å². The Morgan fingerprint density at radius 1 is 1.24 bits per heavy atom. The van der Waals surface area contributed by atoms with E-state index in [-0.39, 0.29) is 11.5 Å². The highest BCUT2D eigenvalue weighted by Crippen LogP contribution is 2.42. The summed E-state index contributed by atoms with van der Waals surface area (Å²) in [5.41, 5.74) is 0.141. The van der Waals surface area contributed by atoms with Gasteiger partial charge in [0.2, 0.25) is 0 Å². The minimum Gasteiger partial charge on any atom is -0.392 e. The molecule has 3 atom stereocenters. The topological polar surface area (TPSA) is 23.5 Å². The lowest BCUT2D eigenvalue weighted by Gasteiger charge is -2.38. The molecule has 17 heavy (non-hydrogen) atoms. The molecule has 0 spiro atoms. The Hall–Kier alpha value is -0.0800. The van der Waals surface area contributed by atoms with Crippen LogP contribution in [0.5, 0.6) is 0 Å². The average Bonchev–Trinajstić information content (AvgIpc) is 2.57. The van der Waals surface area contributed by atoms with E-state index >= 15 is 0 Å². The Labute approximate surface area is 106 Å². The smallest absolute Gasteiger partial charge is 0.0631 e. The molecule has 1 saturated heterocycles. The first-order chi connectivity index (χ1) is 8.04.